The van der Waals surface area contributed by atoms with E-state index in [-0.39, 0.29) is 5.91 Å². The zero-order valence-electron chi connectivity index (χ0n) is 13.6. The van der Waals surface area contributed by atoms with Gasteiger partial charge < -0.3 is 4.57 Å². The lowest BCUT2D eigenvalue weighted by atomic mass is 10.2. The van der Waals surface area contributed by atoms with Crippen LogP contribution in [-0.2, 0) is 7.05 Å². The van der Waals surface area contributed by atoms with Crippen LogP contribution in [0.3, 0.4) is 0 Å². The predicted octanol–water partition coefficient (Wildman–Crippen LogP) is 5.13. The smallest absolute Gasteiger partial charge is 0.279 e. The molecule has 0 fully saturated rings. The highest BCUT2D eigenvalue weighted by atomic mass is 35.5. The van der Waals surface area contributed by atoms with Gasteiger partial charge in [-0.2, -0.15) is 4.99 Å². The third kappa shape index (κ3) is 3.58. The number of carbonyl (C=O) groups is 1. The van der Waals surface area contributed by atoms with Crippen molar-refractivity contribution in [1.29, 1.82) is 0 Å². The maximum atomic E-state index is 12.4. The van der Waals surface area contributed by atoms with Crippen LogP contribution in [0.5, 0.6) is 0 Å². The van der Waals surface area contributed by atoms with E-state index in [9.17, 15) is 4.79 Å². The molecule has 0 unspecified atom stereocenters. The Labute approximate surface area is 154 Å². The van der Waals surface area contributed by atoms with Gasteiger partial charge in [-0.3, -0.25) is 4.79 Å². The van der Waals surface area contributed by atoms with E-state index in [4.69, 9.17) is 11.6 Å². The number of benzene rings is 2. The number of fused-ring (bicyclic) bond motifs is 1. The molecule has 3 rings (SSSR count). The first-order valence-corrected chi connectivity index (χ1v) is 9.63. The summed E-state index contributed by atoms with van der Waals surface area (Å²) in [5, 5.41) is 1.17. The minimum absolute atomic E-state index is 0.241. The first kappa shape index (κ1) is 17.3. The summed E-state index contributed by atoms with van der Waals surface area (Å²) >= 11 is 9.48. The van der Waals surface area contributed by atoms with Crippen molar-refractivity contribution in [3.8, 4) is 0 Å². The van der Waals surface area contributed by atoms with E-state index in [1.54, 1.807) is 11.8 Å². The second-order valence-electron chi connectivity index (χ2n) is 5.64. The standard InChI is InChI=1S/C18H17ClN2OS2/c1-11(2)23-13-9-7-12(8-10-13)17(22)20-18-21(3)16-14(19)5-4-6-15(16)24-18/h4-11H,1-3H3. The highest BCUT2D eigenvalue weighted by Gasteiger charge is 2.09. The summed E-state index contributed by atoms with van der Waals surface area (Å²) in [4.78, 5) is 18.5. The van der Waals surface area contributed by atoms with Gasteiger partial charge in [-0.1, -0.05) is 42.9 Å². The number of nitrogens with zero attached hydrogens (tertiary/aromatic N) is 2. The molecule has 0 spiro atoms. The number of amides is 1. The first-order chi connectivity index (χ1) is 11.5. The van der Waals surface area contributed by atoms with Crippen molar-refractivity contribution in [2.24, 2.45) is 12.0 Å². The predicted molar refractivity (Wildman–Crippen MR) is 103 cm³/mol. The van der Waals surface area contributed by atoms with Crippen LogP contribution < -0.4 is 4.80 Å². The van der Waals surface area contributed by atoms with Crippen LogP contribution in [0.1, 0.15) is 24.2 Å². The molecule has 0 atom stereocenters. The van der Waals surface area contributed by atoms with E-state index in [0.29, 0.717) is 20.6 Å². The van der Waals surface area contributed by atoms with Gasteiger partial charge in [0.2, 0.25) is 0 Å². The van der Waals surface area contributed by atoms with Gasteiger partial charge in [0.05, 0.1) is 15.2 Å². The molecule has 0 aliphatic heterocycles. The van der Waals surface area contributed by atoms with Crippen LogP contribution in [-0.4, -0.2) is 15.7 Å². The summed E-state index contributed by atoms with van der Waals surface area (Å²) in [6, 6.07) is 13.3. The molecule has 0 radical (unpaired) electrons. The molecule has 0 saturated carbocycles. The van der Waals surface area contributed by atoms with Gasteiger partial charge in [-0.05, 0) is 36.4 Å². The third-order valence-corrected chi connectivity index (χ3v) is 5.86. The summed E-state index contributed by atoms with van der Waals surface area (Å²) in [5.41, 5.74) is 1.49. The highest BCUT2D eigenvalue weighted by Crippen LogP contribution is 2.25. The molecule has 6 heteroatoms. The number of thioether (sulfide) groups is 1. The molecule has 1 heterocycles. The molecule has 1 amide bonds. The lowest BCUT2D eigenvalue weighted by molar-refractivity contribution is 0.0998. The summed E-state index contributed by atoms with van der Waals surface area (Å²) in [6.07, 6.45) is 0. The lowest BCUT2D eigenvalue weighted by Gasteiger charge is -2.04. The number of hydrogen-bond acceptors (Lipinski definition) is 3. The quantitative estimate of drug-likeness (QED) is 0.593. The Hall–Kier alpha value is -1.56. The topological polar surface area (TPSA) is 34.4 Å². The zero-order valence-corrected chi connectivity index (χ0v) is 16.0. The fourth-order valence-corrected chi connectivity index (χ4v) is 4.60. The maximum absolute atomic E-state index is 12.4. The van der Waals surface area contributed by atoms with E-state index >= 15 is 0 Å². The van der Waals surface area contributed by atoms with Gasteiger partial charge in [-0.25, -0.2) is 0 Å². The minimum Gasteiger partial charge on any atom is -0.318 e. The Morgan fingerprint density at radius 2 is 1.92 bits per heavy atom. The summed E-state index contributed by atoms with van der Waals surface area (Å²) in [5.74, 6) is -0.241. The number of rotatable bonds is 3. The molecule has 3 nitrogen and oxygen atoms in total. The Kier molecular flexibility index (Phi) is 5.13. The molecular weight excluding hydrogens is 360 g/mol. The fourth-order valence-electron chi connectivity index (χ4n) is 2.36. The van der Waals surface area contributed by atoms with Crippen molar-refractivity contribution >= 4 is 50.8 Å². The second-order valence-corrected chi connectivity index (χ2v) is 8.70. The first-order valence-electron chi connectivity index (χ1n) is 7.55. The molecule has 24 heavy (non-hydrogen) atoms. The number of para-hydroxylation sites is 1. The van der Waals surface area contributed by atoms with Gasteiger partial charge >= 0.3 is 0 Å². The molecule has 0 N–H and O–H groups in total. The molecule has 2 aromatic carbocycles. The molecule has 1 aromatic heterocycles. The van der Waals surface area contributed by atoms with E-state index in [2.05, 4.69) is 18.8 Å². The lowest BCUT2D eigenvalue weighted by Crippen LogP contribution is -2.13. The molecular formula is C18H17ClN2OS2. The van der Waals surface area contributed by atoms with Crippen molar-refractivity contribution in [3.63, 3.8) is 0 Å². The summed E-state index contributed by atoms with van der Waals surface area (Å²) < 4.78 is 2.88. The molecule has 0 saturated heterocycles. The second kappa shape index (κ2) is 7.13. The van der Waals surface area contributed by atoms with E-state index < -0.39 is 0 Å². The van der Waals surface area contributed by atoms with Gasteiger partial charge in [0.15, 0.2) is 4.80 Å². The van der Waals surface area contributed by atoms with Crippen LogP contribution in [0.4, 0.5) is 0 Å². The van der Waals surface area contributed by atoms with Crippen LogP contribution in [0.15, 0.2) is 52.4 Å². The fraction of sp³-hybridized carbons (Fsp3) is 0.222. The van der Waals surface area contributed by atoms with Crippen LogP contribution >= 0.6 is 34.7 Å². The summed E-state index contributed by atoms with van der Waals surface area (Å²) in [6.45, 7) is 4.29. The minimum atomic E-state index is -0.241. The molecule has 0 bridgehead atoms. The van der Waals surface area contributed by atoms with Crippen molar-refractivity contribution < 1.29 is 4.79 Å². The van der Waals surface area contributed by atoms with Gasteiger partial charge in [0.25, 0.3) is 5.91 Å². The Morgan fingerprint density at radius 3 is 2.54 bits per heavy atom. The van der Waals surface area contributed by atoms with Gasteiger partial charge in [0, 0.05) is 22.8 Å². The molecule has 0 aliphatic carbocycles. The van der Waals surface area contributed by atoms with Crippen molar-refractivity contribution in [1.82, 2.24) is 4.57 Å². The number of thiazole rings is 1. The highest BCUT2D eigenvalue weighted by molar-refractivity contribution is 7.99. The Balaban J connectivity index is 1.95. The Morgan fingerprint density at radius 1 is 1.21 bits per heavy atom. The molecule has 0 aliphatic rings. The number of hydrogen-bond donors (Lipinski definition) is 0. The monoisotopic (exact) mass is 376 g/mol. The van der Waals surface area contributed by atoms with E-state index in [0.717, 1.165) is 15.1 Å². The molecule has 124 valence electrons. The largest absolute Gasteiger partial charge is 0.318 e. The zero-order chi connectivity index (χ0) is 17.3. The number of carbonyl (C=O) groups excluding carboxylic acids is 1. The van der Waals surface area contributed by atoms with Crippen molar-refractivity contribution in [3.05, 3.63) is 57.9 Å². The van der Waals surface area contributed by atoms with Crippen LogP contribution in [0.25, 0.3) is 10.2 Å². The molecule has 3 aromatic rings. The van der Waals surface area contributed by atoms with Crippen LogP contribution in [0, 0.1) is 0 Å². The average Bonchev–Trinajstić information content (AvgIpc) is 2.85. The SMILES string of the molecule is CC(C)Sc1ccc(C(=O)N=c2sc3cccc(Cl)c3n2C)cc1. The van der Waals surface area contributed by atoms with Crippen molar-refractivity contribution in [2.75, 3.05) is 0 Å². The average molecular weight is 377 g/mol. The van der Waals surface area contributed by atoms with E-state index in [1.807, 2.05) is 54.1 Å². The Bertz CT molecular complexity index is 955. The number of halogens is 1. The van der Waals surface area contributed by atoms with Gasteiger partial charge in [0.1, 0.15) is 0 Å². The number of aryl methyl sites for hydroxylation is 1. The maximum Gasteiger partial charge on any atom is 0.279 e. The van der Waals surface area contributed by atoms with Gasteiger partial charge in [-0.15, -0.1) is 11.8 Å². The van der Waals surface area contributed by atoms with Crippen molar-refractivity contribution in [2.45, 2.75) is 24.0 Å². The van der Waals surface area contributed by atoms with E-state index in [1.165, 1.54) is 11.3 Å². The number of aromatic nitrogens is 1. The normalized spacial score (nSPS) is 12.3. The van der Waals surface area contributed by atoms with Crippen LogP contribution in [0.2, 0.25) is 5.02 Å². The summed E-state index contributed by atoms with van der Waals surface area (Å²) in [7, 11) is 1.87. The third-order valence-electron chi connectivity index (χ3n) is 3.44.